The highest BCUT2D eigenvalue weighted by molar-refractivity contribution is 6.02. The van der Waals surface area contributed by atoms with E-state index in [4.69, 9.17) is 4.99 Å². The fraction of sp³-hybridized carbons (Fsp3) is 0.0435. The molecule has 0 aliphatic carbocycles. The molecule has 0 saturated heterocycles. The first-order valence-corrected chi connectivity index (χ1v) is 8.53. The Bertz CT molecular complexity index is 1000. The number of phenolic OH excluding ortho intramolecular Hbond substituents is 1. The molecule has 0 fully saturated rings. The van der Waals surface area contributed by atoms with Crippen LogP contribution in [-0.2, 0) is 0 Å². The predicted octanol–water partition coefficient (Wildman–Crippen LogP) is 5.15. The molecule has 26 heavy (non-hydrogen) atoms. The van der Waals surface area contributed by atoms with Crippen molar-refractivity contribution in [2.75, 3.05) is 0 Å². The van der Waals surface area contributed by atoms with Gasteiger partial charge in [0.15, 0.2) is 0 Å². The third kappa shape index (κ3) is 3.20. The summed E-state index contributed by atoms with van der Waals surface area (Å²) in [6.07, 6.45) is 3.53. The molecule has 0 aliphatic heterocycles. The van der Waals surface area contributed by atoms with Crippen LogP contribution in [0.3, 0.4) is 0 Å². The molecule has 3 nitrogen and oxygen atoms in total. The maximum atomic E-state index is 10.4. The Balaban J connectivity index is 1.81. The Hall–Kier alpha value is -3.46. The van der Waals surface area contributed by atoms with Gasteiger partial charge in [0.2, 0.25) is 0 Å². The Morgan fingerprint density at radius 3 is 2.38 bits per heavy atom. The first-order chi connectivity index (χ1) is 12.8. The molecule has 1 N–H and O–H groups in total. The summed E-state index contributed by atoms with van der Waals surface area (Å²) in [6, 6.07) is 27.3. The zero-order valence-electron chi connectivity index (χ0n) is 14.2. The van der Waals surface area contributed by atoms with Gasteiger partial charge in [-0.25, -0.2) is 0 Å². The SMILES string of the molecule is Oc1ccc2ccccc2c1C=N[C@@H](c1ccccc1)c1ccccn1. The number of hydrogen-bond acceptors (Lipinski definition) is 3. The normalized spacial score (nSPS) is 12.5. The quantitative estimate of drug-likeness (QED) is 0.523. The van der Waals surface area contributed by atoms with E-state index in [0.717, 1.165) is 27.6 Å². The lowest BCUT2D eigenvalue weighted by molar-refractivity contribution is 0.475. The lowest BCUT2D eigenvalue weighted by atomic mass is 10.0. The van der Waals surface area contributed by atoms with Gasteiger partial charge in [-0.05, 0) is 34.5 Å². The Morgan fingerprint density at radius 1 is 0.808 bits per heavy atom. The minimum Gasteiger partial charge on any atom is -0.507 e. The molecule has 0 saturated carbocycles. The number of benzene rings is 3. The number of nitrogens with zero attached hydrogens (tertiary/aromatic N) is 2. The summed E-state index contributed by atoms with van der Waals surface area (Å²) in [5.41, 5.74) is 2.65. The summed E-state index contributed by atoms with van der Waals surface area (Å²) in [7, 11) is 0. The van der Waals surface area contributed by atoms with Crippen molar-refractivity contribution in [2.45, 2.75) is 6.04 Å². The van der Waals surface area contributed by atoms with Gasteiger partial charge in [0.05, 0.1) is 5.69 Å². The molecule has 4 rings (SSSR count). The average Bonchev–Trinajstić information content (AvgIpc) is 2.71. The molecule has 0 radical (unpaired) electrons. The standard InChI is InChI=1S/C23H18N2O/c26-22-14-13-17-8-4-5-11-19(17)20(22)16-25-23(18-9-2-1-3-10-18)21-12-6-7-15-24-21/h1-16,23,26H/t23-/m0/s1. The molecule has 0 aliphatic rings. The van der Waals surface area contributed by atoms with E-state index in [1.807, 2.05) is 78.9 Å². The van der Waals surface area contributed by atoms with Crippen LogP contribution in [0.15, 0.2) is 96.1 Å². The van der Waals surface area contributed by atoms with Gasteiger partial charge in [-0.1, -0.05) is 66.7 Å². The molecule has 0 unspecified atom stereocenters. The topological polar surface area (TPSA) is 45.5 Å². The molecule has 3 aromatic carbocycles. The summed E-state index contributed by atoms with van der Waals surface area (Å²) >= 11 is 0. The second kappa shape index (κ2) is 7.19. The first-order valence-electron chi connectivity index (χ1n) is 8.53. The molecule has 1 atom stereocenters. The van der Waals surface area contributed by atoms with Crippen LogP contribution in [0.2, 0.25) is 0 Å². The van der Waals surface area contributed by atoms with Crippen LogP contribution < -0.4 is 0 Å². The van der Waals surface area contributed by atoms with Crippen molar-refractivity contribution >= 4 is 17.0 Å². The molecule has 126 valence electrons. The number of phenols is 1. The van der Waals surface area contributed by atoms with Crippen molar-refractivity contribution in [2.24, 2.45) is 4.99 Å². The van der Waals surface area contributed by atoms with Gasteiger partial charge in [-0.15, -0.1) is 0 Å². The lowest BCUT2D eigenvalue weighted by Crippen LogP contribution is -2.01. The highest BCUT2D eigenvalue weighted by atomic mass is 16.3. The minimum absolute atomic E-state index is 0.222. The predicted molar refractivity (Wildman–Crippen MR) is 106 cm³/mol. The van der Waals surface area contributed by atoms with Gasteiger partial charge in [-0.3, -0.25) is 9.98 Å². The highest BCUT2D eigenvalue weighted by Gasteiger charge is 2.14. The fourth-order valence-corrected chi connectivity index (χ4v) is 3.08. The highest BCUT2D eigenvalue weighted by Crippen LogP contribution is 2.28. The van der Waals surface area contributed by atoms with E-state index >= 15 is 0 Å². The van der Waals surface area contributed by atoms with Gasteiger partial charge in [0.1, 0.15) is 11.8 Å². The van der Waals surface area contributed by atoms with Crippen LogP contribution in [0, 0.1) is 0 Å². The molecule has 1 aromatic heterocycles. The monoisotopic (exact) mass is 338 g/mol. The maximum absolute atomic E-state index is 10.4. The van der Waals surface area contributed by atoms with Crippen LogP contribution in [0.1, 0.15) is 22.9 Å². The molecule has 0 amide bonds. The van der Waals surface area contributed by atoms with Crippen LogP contribution in [0.4, 0.5) is 0 Å². The van der Waals surface area contributed by atoms with E-state index in [2.05, 4.69) is 4.98 Å². The number of pyridine rings is 1. The van der Waals surface area contributed by atoms with Crippen molar-refractivity contribution in [3.05, 3.63) is 108 Å². The van der Waals surface area contributed by atoms with Gasteiger partial charge in [0.25, 0.3) is 0 Å². The summed E-state index contributed by atoms with van der Waals surface area (Å²) in [5, 5.41) is 12.4. The third-order valence-corrected chi connectivity index (χ3v) is 4.38. The Morgan fingerprint density at radius 2 is 1.58 bits per heavy atom. The van der Waals surface area contributed by atoms with Gasteiger partial charge in [0, 0.05) is 18.0 Å². The van der Waals surface area contributed by atoms with Crippen molar-refractivity contribution in [1.82, 2.24) is 4.98 Å². The van der Waals surface area contributed by atoms with Crippen molar-refractivity contribution in [3.63, 3.8) is 0 Å². The van der Waals surface area contributed by atoms with Crippen molar-refractivity contribution in [3.8, 4) is 5.75 Å². The summed E-state index contributed by atoms with van der Waals surface area (Å²) in [5.74, 6) is 0.222. The largest absolute Gasteiger partial charge is 0.507 e. The lowest BCUT2D eigenvalue weighted by Gasteiger charge is -2.13. The zero-order valence-corrected chi connectivity index (χ0v) is 14.2. The van der Waals surface area contributed by atoms with E-state index in [-0.39, 0.29) is 11.8 Å². The second-order valence-corrected chi connectivity index (χ2v) is 6.07. The van der Waals surface area contributed by atoms with E-state index < -0.39 is 0 Å². The summed E-state index contributed by atoms with van der Waals surface area (Å²) in [6.45, 7) is 0. The maximum Gasteiger partial charge on any atom is 0.124 e. The second-order valence-electron chi connectivity index (χ2n) is 6.07. The Kier molecular flexibility index (Phi) is 4.44. The van der Waals surface area contributed by atoms with E-state index in [1.54, 1.807) is 18.5 Å². The molecule has 1 heterocycles. The van der Waals surface area contributed by atoms with Crippen LogP contribution in [0.5, 0.6) is 5.75 Å². The Labute approximate surface area is 152 Å². The molecule has 4 aromatic rings. The molecule has 3 heteroatoms. The smallest absolute Gasteiger partial charge is 0.124 e. The van der Waals surface area contributed by atoms with Crippen LogP contribution >= 0.6 is 0 Å². The summed E-state index contributed by atoms with van der Waals surface area (Å²) < 4.78 is 0. The summed E-state index contributed by atoms with van der Waals surface area (Å²) in [4.78, 5) is 9.27. The van der Waals surface area contributed by atoms with Gasteiger partial charge < -0.3 is 5.11 Å². The molecule has 0 bridgehead atoms. The van der Waals surface area contributed by atoms with E-state index in [0.29, 0.717) is 0 Å². The van der Waals surface area contributed by atoms with E-state index in [1.165, 1.54) is 0 Å². The van der Waals surface area contributed by atoms with Crippen molar-refractivity contribution in [1.29, 1.82) is 0 Å². The molecular formula is C23H18N2O. The van der Waals surface area contributed by atoms with E-state index in [9.17, 15) is 5.11 Å². The van der Waals surface area contributed by atoms with Gasteiger partial charge in [-0.2, -0.15) is 0 Å². The van der Waals surface area contributed by atoms with Crippen LogP contribution in [-0.4, -0.2) is 16.3 Å². The molecule has 0 spiro atoms. The zero-order chi connectivity index (χ0) is 17.8. The van der Waals surface area contributed by atoms with Crippen molar-refractivity contribution < 1.29 is 5.11 Å². The number of hydrogen-bond donors (Lipinski definition) is 1. The minimum atomic E-state index is -0.226. The first kappa shape index (κ1) is 16.0. The van der Waals surface area contributed by atoms with Crippen LogP contribution in [0.25, 0.3) is 10.8 Å². The third-order valence-electron chi connectivity index (χ3n) is 4.38. The fourth-order valence-electron chi connectivity index (χ4n) is 3.08. The number of rotatable bonds is 4. The molecular weight excluding hydrogens is 320 g/mol. The number of aliphatic imine (C=N–C) groups is 1. The number of aromatic nitrogens is 1. The van der Waals surface area contributed by atoms with Gasteiger partial charge >= 0.3 is 0 Å². The number of fused-ring (bicyclic) bond motifs is 1. The average molecular weight is 338 g/mol. The number of aromatic hydroxyl groups is 1.